The molecule has 1 saturated carbocycles. The van der Waals surface area contributed by atoms with Gasteiger partial charge in [-0.1, -0.05) is 26.2 Å². The lowest BCUT2D eigenvalue weighted by atomic mass is 9.97. The van der Waals surface area contributed by atoms with Crippen LogP contribution < -0.4 is 11.1 Å². The molecule has 0 aromatic carbocycles. The Hall–Kier alpha value is -0.610. The van der Waals surface area contributed by atoms with Crippen LogP contribution in [0.2, 0.25) is 0 Å². The zero-order valence-electron chi connectivity index (χ0n) is 11.5. The Morgan fingerprint density at radius 3 is 2.89 bits per heavy atom. The molecule has 104 valence electrons. The minimum Gasteiger partial charge on any atom is -0.368 e. The molecule has 1 aliphatic heterocycles. The van der Waals surface area contributed by atoms with E-state index in [0.29, 0.717) is 6.04 Å². The monoisotopic (exact) mass is 253 g/mol. The summed E-state index contributed by atoms with van der Waals surface area (Å²) in [6.07, 6.45) is 7.76. The molecule has 0 spiro atoms. The van der Waals surface area contributed by atoms with E-state index in [0.717, 1.165) is 25.6 Å². The Labute approximate surface area is 110 Å². The maximum absolute atomic E-state index is 11.6. The minimum atomic E-state index is -0.168. The van der Waals surface area contributed by atoms with Gasteiger partial charge in [0.05, 0.1) is 0 Å². The van der Waals surface area contributed by atoms with Crippen LogP contribution in [0.4, 0.5) is 0 Å². The van der Waals surface area contributed by atoms with Crippen LogP contribution in [0.5, 0.6) is 0 Å². The van der Waals surface area contributed by atoms with Crippen LogP contribution in [0.3, 0.4) is 0 Å². The van der Waals surface area contributed by atoms with Gasteiger partial charge in [-0.2, -0.15) is 0 Å². The number of piperazine rings is 1. The summed E-state index contributed by atoms with van der Waals surface area (Å²) in [6.45, 7) is 4.97. The van der Waals surface area contributed by atoms with Gasteiger partial charge in [0.15, 0.2) is 0 Å². The fraction of sp³-hybridized carbons (Fsp3) is 0.929. The zero-order valence-corrected chi connectivity index (χ0v) is 11.5. The molecule has 0 radical (unpaired) electrons. The number of amides is 1. The first-order valence-electron chi connectivity index (χ1n) is 7.48. The second-order valence-electron chi connectivity index (χ2n) is 5.80. The van der Waals surface area contributed by atoms with Gasteiger partial charge in [-0.25, -0.2) is 0 Å². The molecule has 1 amide bonds. The summed E-state index contributed by atoms with van der Waals surface area (Å²) in [5, 5.41) is 3.28. The second kappa shape index (κ2) is 6.53. The van der Waals surface area contributed by atoms with E-state index in [2.05, 4.69) is 17.1 Å². The van der Waals surface area contributed by atoms with Crippen molar-refractivity contribution in [3.8, 4) is 0 Å². The number of primary amides is 1. The van der Waals surface area contributed by atoms with E-state index in [-0.39, 0.29) is 11.9 Å². The van der Waals surface area contributed by atoms with Crippen LogP contribution in [0.25, 0.3) is 0 Å². The lowest BCUT2D eigenvalue weighted by molar-refractivity contribution is -0.125. The Morgan fingerprint density at radius 2 is 2.17 bits per heavy atom. The first-order valence-corrected chi connectivity index (χ1v) is 7.48. The molecule has 18 heavy (non-hydrogen) atoms. The number of hydrogen-bond acceptors (Lipinski definition) is 3. The molecule has 1 aliphatic carbocycles. The van der Waals surface area contributed by atoms with Crippen LogP contribution >= 0.6 is 0 Å². The summed E-state index contributed by atoms with van der Waals surface area (Å²) in [5.41, 5.74) is 5.54. The predicted molar refractivity (Wildman–Crippen MR) is 73.2 cm³/mol. The lowest BCUT2D eigenvalue weighted by Gasteiger charge is -2.39. The molecular formula is C14H27N3O. The van der Waals surface area contributed by atoms with Crippen LogP contribution in [0.15, 0.2) is 0 Å². The van der Waals surface area contributed by atoms with Gasteiger partial charge < -0.3 is 11.1 Å². The normalized spacial score (nSPS) is 35.1. The Balaban J connectivity index is 1.97. The predicted octanol–water partition coefficient (Wildman–Crippen LogP) is 1.10. The molecule has 2 fully saturated rings. The Kier molecular flexibility index (Phi) is 5.01. The van der Waals surface area contributed by atoms with Gasteiger partial charge in [-0.05, 0) is 25.2 Å². The van der Waals surface area contributed by atoms with Crippen molar-refractivity contribution in [2.45, 2.75) is 57.5 Å². The lowest BCUT2D eigenvalue weighted by Crippen LogP contribution is -2.59. The second-order valence-corrected chi connectivity index (χ2v) is 5.80. The van der Waals surface area contributed by atoms with Crippen molar-refractivity contribution < 1.29 is 4.79 Å². The van der Waals surface area contributed by atoms with Gasteiger partial charge in [0.2, 0.25) is 5.91 Å². The maximum atomic E-state index is 11.6. The minimum absolute atomic E-state index is 0.0954. The smallest absolute Gasteiger partial charge is 0.236 e. The van der Waals surface area contributed by atoms with E-state index in [1.54, 1.807) is 0 Å². The summed E-state index contributed by atoms with van der Waals surface area (Å²) in [7, 11) is 0. The first-order chi connectivity index (χ1) is 8.72. The highest BCUT2D eigenvalue weighted by Crippen LogP contribution is 2.29. The van der Waals surface area contributed by atoms with Crippen LogP contribution in [0, 0.1) is 5.92 Å². The number of carbonyl (C=O) groups is 1. The highest BCUT2D eigenvalue weighted by molar-refractivity contribution is 5.80. The van der Waals surface area contributed by atoms with Crippen molar-refractivity contribution in [3.05, 3.63) is 0 Å². The van der Waals surface area contributed by atoms with Crippen molar-refractivity contribution in [2.24, 2.45) is 11.7 Å². The molecule has 0 aromatic heterocycles. The number of rotatable bonds is 3. The van der Waals surface area contributed by atoms with E-state index in [1.165, 1.54) is 38.5 Å². The van der Waals surface area contributed by atoms with E-state index in [9.17, 15) is 4.79 Å². The fourth-order valence-electron chi connectivity index (χ4n) is 3.52. The molecule has 4 heteroatoms. The Morgan fingerprint density at radius 1 is 1.33 bits per heavy atom. The zero-order chi connectivity index (χ0) is 13.0. The van der Waals surface area contributed by atoms with Crippen molar-refractivity contribution in [1.82, 2.24) is 10.2 Å². The number of nitrogens with two attached hydrogens (primary N) is 1. The number of nitrogens with zero attached hydrogens (tertiary/aromatic N) is 1. The van der Waals surface area contributed by atoms with E-state index in [1.807, 2.05) is 0 Å². The van der Waals surface area contributed by atoms with Crippen LogP contribution in [-0.2, 0) is 4.79 Å². The average molecular weight is 253 g/mol. The molecule has 3 unspecified atom stereocenters. The van der Waals surface area contributed by atoms with E-state index >= 15 is 0 Å². The van der Waals surface area contributed by atoms with Crippen molar-refractivity contribution in [2.75, 3.05) is 19.6 Å². The fourth-order valence-corrected chi connectivity index (χ4v) is 3.52. The molecular weight excluding hydrogens is 226 g/mol. The van der Waals surface area contributed by atoms with Crippen molar-refractivity contribution in [3.63, 3.8) is 0 Å². The quantitative estimate of drug-likeness (QED) is 0.741. The molecule has 3 atom stereocenters. The van der Waals surface area contributed by atoms with Gasteiger partial charge >= 0.3 is 0 Å². The van der Waals surface area contributed by atoms with Crippen molar-refractivity contribution >= 4 is 5.91 Å². The van der Waals surface area contributed by atoms with Crippen molar-refractivity contribution in [1.29, 1.82) is 0 Å². The number of hydrogen-bond donors (Lipinski definition) is 2. The summed E-state index contributed by atoms with van der Waals surface area (Å²) < 4.78 is 0. The third kappa shape index (κ3) is 3.23. The van der Waals surface area contributed by atoms with Gasteiger partial charge in [0.1, 0.15) is 6.04 Å². The Bertz CT molecular complexity index is 282. The molecule has 2 aliphatic rings. The van der Waals surface area contributed by atoms with Crippen LogP contribution in [-0.4, -0.2) is 42.5 Å². The van der Waals surface area contributed by atoms with E-state index < -0.39 is 0 Å². The first kappa shape index (κ1) is 13.8. The van der Waals surface area contributed by atoms with Gasteiger partial charge in [0.25, 0.3) is 0 Å². The highest BCUT2D eigenvalue weighted by atomic mass is 16.1. The largest absolute Gasteiger partial charge is 0.368 e. The molecule has 0 bridgehead atoms. The molecule has 2 rings (SSSR count). The number of nitrogens with one attached hydrogen (secondary N) is 1. The third-order valence-corrected chi connectivity index (χ3v) is 4.72. The molecule has 3 N–H and O–H groups in total. The summed E-state index contributed by atoms with van der Waals surface area (Å²) >= 11 is 0. The molecule has 0 aromatic rings. The summed E-state index contributed by atoms with van der Waals surface area (Å²) in [4.78, 5) is 13.9. The topological polar surface area (TPSA) is 58.4 Å². The van der Waals surface area contributed by atoms with Crippen LogP contribution in [0.1, 0.15) is 45.4 Å². The summed E-state index contributed by atoms with van der Waals surface area (Å²) in [5.74, 6) is 0.725. The van der Waals surface area contributed by atoms with Gasteiger partial charge in [-0.15, -0.1) is 0 Å². The molecule has 1 heterocycles. The average Bonchev–Trinajstić information content (AvgIpc) is 2.63. The molecule has 1 saturated heterocycles. The van der Waals surface area contributed by atoms with Gasteiger partial charge in [-0.3, -0.25) is 9.69 Å². The SMILES string of the molecule is CCC1CCCC(N2CCNCC2C(N)=O)CC1. The summed E-state index contributed by atoms with van der Waals surface area (Å²) in [6, 6.07) is 0.475. The van der Waals surface area contributed by atoms with E-state index in [4.69, 9.17) is 5.73 Å². The highest BCUT2D eigenvalue weighted by Gasteiger charge is 2.33. The standard InChI is InChI=1S/C14H27N3O/c1-2-11-4-3-5-12(7-6-11)17-9-8-16-10-13(17)14(15)18/h11-13,16H,2-10H2,1H3,(H2,15,18). The molecule has 4 nitrogen and oxygen atoms in total. The maximum Gasteiger partial charge on any atom is 0.236 e. The van der Waals surface area contributed by atoms with Gasteiger partial charge in [0, 0.05) is 25.7 Å². The number of carbonyl (C=O) groups excluding carboxylic acids is 1. The third-order valence-electron chi connectivity index (χ3n) is 4.72.